The normalized spacial score (nSPS) is 15.2. The number of nitro groups is 1. The molecule has 2 aromatic rings. The number of amides is 1. The van der Waals surface area contributed by atoms with Crippen molar-refractivity contribution in [3.63, 3.8) is 0 Å². The summed E-state index contributed by atoms with van der Waals surface area (Å²) in [6.45, 7) is 1.82. The lowest BCUT2D eigenvalue weighted by Gasteiger charge is -2.12. The van der Waals surface area contributed by atoms with E-state index in [-0.39, 0.29) is 30.1 Å². The number of ether oxygens (including phenoxy) is 2. The van der Waals surface area contributed by atoms with Crippen molar-refractivity contribution in [2.75, 3.05) is 13.2 Å². The van der Waals surface area contributed by atoms with Gasteiger partial charge in [0.25, 0.3) is 5.91 Å². The summed E-state index contributed by atoms with van der Waals surface area (Å²) in [5, 5.41) is 13.8. The molecule has 7 heteroatoms. The fourth-order valence-electron chi connectivity index (χ4n) is 2.68. The predicted octanol–water partition coefficient (Wildman–Crippen LogP) is 2.40. The fourth-order valence-corrected chi connectivity index (χ4v) is 2.68. The molecule has 1 aliphatic heterocycles. The molecule has 1 amide bonds. The topological polar surface area (TPSA) is 90.7 Å². The number of benzene rings is 2. The third kappa shape index (κ3) is 4.06. The van der Waals surface area contributed by atoms with Crippen molar-refractivity contribution in [3.05, 3.63) is 63.7 Å². The molecule has 2 aromatic carbocycles. The van der Waals surface area contributed by atoms with Gasteiger partial charge >= 0.3 is 5.69 Å². The summed E-state index contributed by atoms with van der Waals surface area (Å²) >= 11 is 0. The van der Waals surface area contributed by atoms with Crippen LogP contribution in [0.3, 0.4) is 0 Å². The van der Waals surface area contributed by atoms with E-state index in [4.69, 9.17) is 9.47 Å². The van der Waals surface area contributed by atoms with Crippen molar-refractivity contribution in [1.82, 2.24) is 5.32 Å². The first kappa shape index (κ1) is 16.8. The lowest BCUT2D eigenvalue weighted by molar-refractivity contribution is -0.385. The van der Waals surface area contributed by atoms with Gasteiger partial charge in [-0.05, 0) is 30.2 Å². The van der Waals surface area contributed by atoms with Crippen molar-refractivity contribution in [2.45, 2.75) is 19.4 Å². The lowest BCUT2D eigenvalue weighted by Crippen LogP contribution is -2.37. The zero-order valence-electron chi connectivity index (χ0n) is 13.7. The molecule has 25 heavy (non-hydrogen) atoms. The summed E-state index contributed by atoms with van der Waals surface area (Å²) in [4.78, 5) is 22.4. The molecule has 0 fully saturated rings. The summed E-state index contributed by atoms with van der Waals surface area (Å²) in [6.07, 6.45) is 0.621. The Kier molecular flexibility index (Phi) is 4.83. The zero-order chi connectivity index (χ0) is 17.8. The molecule has 7 nitrogen and oxygen atoms in total. The van der Waals surface area contributed by atoms with E-state index < -0.39 is 4.92 Å². The number of aryl methyl sites for hydroxylation is 1. The van der Waals surface area contributed by atoms with Gasteiger partial charge in [0.2, 0.25) is 0 Å². The number of fused-ring (bicyclic) bond motifs is 1. The molecule has 0 saturated heterocycles. The minimum Gasteiger partial charge on any atom is -0.488 e. The highest BCUT2D eigenvalue weighted by Crippen LogP contribution is 2.28. The second kappa shape index (κ2) is 7.21. The highest BCUT2D eigenvalue weighted by molar-refractivity contribution is 5.77. The van der Waals surface area contributed by atoms with Crippen LogP contribution < -0.4 is 14.8 Å². The average Bonchev–Trinajstić information content (AvgIpc) is 3.01. The van der Waals surface area contributed by atoms with Gasteiger partial charge in [0.1, 0.15) is 11.9 Å². The van der Waals surface area contributed by atoms with Crippen LogP contribution in [-0.2, 0) is 11.2 Å². The van der Waals surface area contributed by atoms with E-state index >= 15 is 0 Å². The van der Waals surface area contributed by atoms with E-state index in [1.165, 1.54) is 12.1 Å². The molecule has 3 rings (SSSR count). The van der Waals surface area contributed by atoms with E-state index in [9.17, 15) is 14.9 Å². The van der Waals surface area contributed by atoms with Crippen LogP contribution in [0, 0.1) is 17.0 Å². The predicted molar refractivity (Wildman–Crippen MR) is 90.9 cm³/mol. The number of carbonyl (C=O) groups is 1. The molecule has 1 atom stereocenters. The van der Waals surface area contributed by atoms with Gasteiger partial charge in [0.05, 0.1) is 11.5 Å². The maximum Gasteiger partial charge on any atom is 0.311 e. The van der Waals surface area contributed by atoms with Crippen molar-refractivity contribution in [2.24, 2.45) is 0 Å². The van der Waals surface area contributed by atoms with Gasteiger partial charge in [0, 0.05) is 12.5 Å². The molecule has 1 aliphatic rings. The van der Waals surface area contributed by atoms with E-state index in [1.807, 2.05) is 24.3 Å². The number of nitrogens with zero attached hydrogens (tertiary/aromatic N) is 1. The number of carbonyl (C=O) groups excluding carboxylic acids is 1. The van der Waals surface area contributed by atoms with Gasteiger partial charge in [-0.1, -0.05) is 24.3 Å². The Balaban J connectivity index is 1.49. The van der Waals surface area contributed by atoms with Crippen molar-refractivity contribution < 1.29 is 19.2 Å². The monoisotopic (exact) mass is 342 g/mol. The van der Waals surface area contributed by atoms with Crippen LogP contribution in [0.5, 0.6) is 11.5 Å². The smallest absolute Gasteiger partial charge is 0.311 e. The summed E-state index contributed by atoms with van der Waals surface area (Å²) in [5.41, 5.74) is 1.72. The Labute approximate surface area is 144 Å². The molecular weight excluding hydrogens is 324 g/mol. The van der Waals surface area contributed by atoms with Gasteiger partial charge < -0.3 is 14.8 Å². The van der Waals surface area contributed by atoms with Crippen LogP contribution in [0.1, 0.15) is 11.1 Å². The third-order valence-electron chi connectivity index (χ3n) is 3.91. The quantitative estimate of drug-likeness (QED) is 0.643. The van der Waals surface area contributed by atoms with Crippen LogP contribution in [0.15, 0.2) is 42.5 Å². The number of nitrogens with one attached hydrogen (secondary N) is 1. The van der Waals surface area contributed by atoms with Gasteiger partial charge in [0.15, 0.2) is 12.4 Å². The molecule has 0 spiro atoms. The average molecular weight is 342 g/mol. The minimum atomic E-state index is -0.524. The molecular formula is C18H18N2O5. The second-order valence-corrected chi connectivity index (χ2v) is 5.87. The molecule has 0 aromatic heterocycles. The summed E-state index contributed by atoms with van der Waals surface area (Å²) in [7, 11) is 0. The number of hydrogen-bond donors (Lipinski definition) is 1. The Morgan fingerprint density at radius 3 is 2.92 bits per heavy atom. The van der Waals surface area contributed by atoms with Crippen LogP contribution in [0.4, 0.5) is 5.69 Å². The third-order valence-corrected chi connectivity index (χ3v) is 3.91. The van der Waals surface area contributed by atoms with Crippen molar-refractivity contribution in [1.29, 1.82) is 0 Å². The Morgan fingerprint density at radius 2 is 2.16 bits per heavy atom. The van der Waals surface area contributed by atoms with Crippen LogP contribution in [0.2, 0.25) is 0 Å². The maximum atomic E-state index is 11.9. The van der Waals surface area contributed by atoms with Crippen molar-refractivity contribution >= 4 is 11.6 Å². The Hall–Kier alpha value is -3.09. The molecule has 1 heterocycles. The lowest BCUT2D eigenvalue weighted by atomic mass is 10.1. The molecule has 130 valence electrons. The number of rotatable bonds is 6. The first-order valence-electron chi connectivity index (χ1n) is 7.92. The van der Waals surface area contributed by atoms with Crippen molar-refractivity contribution in [3.8, 4) is 11.5 Å². The van der Waals surface area contributed by atoms with Crippen LogP contribution in [-0.4, -0.2) is 30.1 Å². The molecule has 1 N–H and O–H groups in total. The Bertz CT molecular complexity index is 781. The Morgan fingerprint density at radius 1 is 1.36 bits per heavy atom. The van der Waals surface area contributed by atoms with Crippen LogP contribution in [0.25, 0.3) is 0 Å². The standard InChI is InChI=1S/C18H18N2O5/c1-12-6-7-17(15(8-12)20(22)23)24-11-18(21)19-10-14-9-13-4-2-3-5-16(13)25-14/h2-8,14H,9-11H2,1H3,(H,19,21). The maximum absolute atomic E-state index is 11.9. The first-order valence-corrected chi connectivity index (χ1v) is 7.92. The summed E-state index contributed by atoms with van der Waals surface area (Å²) in [5.74, 6) is 0.568. The van der Waals surface area contributed by atoms with Gasteiger partial charge in [-0.15, -0.1) is 0 Å². The molecule has 0 radical (unpaired) electrons. The van der Waals surface area contributed by atoms with E-state index in [0.29, 0.717) is 6.54 Å². The number of hydrogen-bond acceptors (Lipinski definition) is 5. The van der Waals surface area contributed by atoms with E-state index in [1.54, 1.807) is 13.0 Å². The first-order chi connectivity index (χ1) is 12.0. The van der Waals surface area contributed by atoms with Gasteiger partial charge in [-0.3, -0.25) is 14.9 Å². The number of para-hydroxylation sites is 1. The molecule has 0 aliphatic carbocycles. The van der Waals surface area contributed by atoms with E-state index in [0.717, 1.165) is 23.3 Å². The largest absolute Gasteiger partial charge is 0.488 e. The highest BCUT2D eigenvalue weighted by Gasteiger charge is 2.23. The zero-order valence-corrected chi connectivity index (χ0v) is 13.7. The fraction of sp³-hybridized carbons (Fsp3) is 0.278. The van der Waals surface area contributed by atoms with E-state index in [2.05, 4.69) is 5.32 Å². The molecule has 0 saturated carbocycles. The minimum absolute atomic E-state index is 0.0790. The molecule has 0 bridgehead atoms. The summed E-state index contributed by atoms with van der Waals surface area (Å²) < 4.78 is 11.0. The number of nitro benzene ring substituents is 1. The summed E-state index contributed by atoms with van der Waals surface area (Å²) in [6, 6.07) is 12.4. The van der Waals surface area contributed by atoms with Crippen LogP contribution >= 0.6 is 0 Å². The molecule has 1 unspecified atom stereocenters. The second-order valence-electron chi connectivity index (χ2n) is 5.87. The van der Waals surface area contributed by atoms with Gasteiger partial charge in [-0.2, -0.15) is 0 Å². The highest BCUT2D eigenvalue weighted by atomic mass is 16.6. The SMILES string of the molecule is Cc1ccc(OCC(=O)NCC2Cc3ccccc3O2)c([N+](=O)[O-])c1. The van der Waals surface area contributed by atoms with Gasteiger partial charge in [-0.25, -0.2) is 0 Å².